The van der Waals surface area contributed by atoms with Crippen LogP contribution in [-0.4, -0.2) is 37.5 Å². The molecule has 0 radical (unpaired) electrons. The van der Waals surface area contributed by atoms with E-state index in [1.807, 2.05) is 0 Å². The fourth-order valence-electron chi connectivity index (χ4n) is 2.76. The molecule has 0 saturated heterocycles. The highest BCUT2D eigenvalue weighted by Gasteiger charge is 2.38. The molecule has 1 amide bonds. The first-order chi connectivity index (χ1) is 11.3. The lowest BCUT2D eigenvalue weighted by atomic mass is 10.1. The van der Waals surface area contributed by atoms with Crippen LogP contribution in [0, 0.1) is 5.92 Å². The predicted octanol–water partition coefficient (Wildman–Crippen LogP) is 2.24. The highest BCUT2D eigenvalue weighted by molar-refractivity contribution is 14.0. The van der Waals surface area contributed by atoms with Gasteiger partial charge in [0.2, 0.25) is 5.91 Å². The van der Waals surface area contributed by atoms with E-state index in [2.05, 4.69) is 58.2 Å². The van der Waals surface area contributed by atoms with Gasteiger partial charge in [0.05, 0.1) is 6.54 Å². The van der Waals surface area contributed by atoms with Crippen LogP contribution >= 0.6 is 24.0 Å². The van der Waals surface area contributed by atoms with E-state index in [1.165, 1.54) is 5.56 Å². The van der Waals surface area contributed by atoms with Crippen molar-refractivity contribution in [3.63, 3.8) is 0 Å². The topological polar surface area (TPSA) is 65.5 Å². The van der Waals surface area contributed by atoms with E-state index in [0.29, 0.717) is 25.0 Å². The fraction of sp³-hybridized carbons (Fsp3) is 0.556. The average Bonchev–Trinajstić information content (AvgIpc) is 3.46. The summed E-state index contributed by atoms with van der Waals surface area (Å²) in [7, 11) is 0. The van der Waals surface area contributed by atoms with E-state index in [9.17, 15) is 4.79 Å². The Morgan fingerprint density at radius 3 is 2.62 bits per heavy atom. The van der Waals surface area contributed by atoms with Crippen molar-refractivity contribution in [2.75, 3.05) is 19.6 Å². The lowest BCUT2D eigenvalue weighted by molar-refractivity contribution is -0.122. The second-order valence-electron chi connectivity index (χ2n) is 6.33. The molecule has 5 nitrogen and oxygen atoms in total. The third-order valence-electron chi connectivity index (χ3n) is 4.31. The zero-order valence-electron chi connectivity index (χ0n) is 14.1. The first-order valence-electron chi connectivity index (χ1n) is 8.65. The second kappa shape index (κ2) is 9.25. The van der Waals surface area contributed by atoms with Crippen molar-refractivity contribution >= 4 is 35.8 Å². The van der Waals surface area contributed by atoms with Crippen molar-refractivity contribution in [2.24, 2.45) is 10.9 Å². The first kappa shape index (κ1) is 19.0. The second-order valence-corrected chi connectivity index (χ2v) is 6.33. The quantitative estimate of drug-likeness (QED) is 0.263. The van der Waals surface area contributed by atoms with E-state index in [0.717, 1.165) is 31.8 Å². The van der Waals surface area contributed by atoms with Gasteiger partial charge in [0.1, 0.15) is 0 Å². The summed E-state index contributed by atoms with van der Waals surface area (Å²) in [4.78, 5) is 16.1. The lowest BCUT2D eigenvalue weighted by Crippen LogP contribution is -2.39. The van der Waals surface area contributed by atoms with Crippen LogP contribution in [0.5, 0.6) is 0 Å². The maximum Gasteiger partial charge on any atom is 0.223 e. The Morgan fingerprint density at radius 1 is 1.21 bits per heavy atom. The Kier molecular flexibility index (Phi) is 7.33. The highest BCUT2D eigenvalue weighted by Crippen LogP contribution is 2.40. The van der Waals surface area contributed by atoms with Gasteiger partial charge in [-0.2, -0.15) is 0 Å². The van der Waals surface area contributed by atoms with Gasteiger partial charge in [0.15, 0.2) is 5.96 Å². The first-order valence-corrected chi connectivity index (χ1v) is 8.65. The van der Waals surface area contributed by atoms with Gasteiger partial charge in [0, 0.05) is 31.0 Å². The number of guanidine groups is 1. The van der Waals surface area contributed by atoms with Gasteiger partial charge < -0.3 is 16.0 Å². The smallest absolute Gasteiger partial charge is 0.223 e. The maximum absolute atomic E-state index is 11.6. The van der Waals surface area contributed by atoms with Crippen LogP contribution < -0.4 is 16.0 Å². The molecule has 1 aromatic carbocycles. The Balaban J connectivity index is 0.00000208. The standard InChI is InChI=1S/C18H26N4O.HI/c1-2-19-18(21-11-10-20-17(23)14-8-9-14)22-16-12-15(16)13-6-4-3-5-7-13;/h3-7,14-16H,2,8-12H2,1H3,(H,20,23)(H2,19,21,22);1H. The molecule has 0 aliphatic heterocycles. The van der Waals surface area contributed by atoms with E-state index < -0.39 is 0 Å². The summed E-state index contributed by atoms with van der Waals surface area (Å²) in [5.74, 6) is 1.87. The number of aliphatic imine (C=N–C) groups is 1. The van der Waals surface area contributed by atoms with Gasteiger partial charge in [-0.05, 0) is 31.7 Å². The number of hydrogen-bond donors (Lipinski definition) is 3. The SMILES string of the molecule is CCNC(=NCCNC(=O)C1CC1)NC1CC1c1ccccc1.I. The van der Waals surface area contributed by atoms with Crippen LogP contribution in [0.1, 0.15) is 37.7 Å². The van der Waals surface area contributed by atoms with Crippen LogP contribution in [0.25, 0.3) is 0 Å². The largest absolute Gasteiger partial charge is 0.357 e. The number of benzene rings is 1. The normalized spacial score (nSPS) is 22.3. The monoisotopic (exact) mass is 442 g/mol. The summed E-state index contributed by atoms with van der Waals surface area (Å²) in [6, 6.07) is 11.1. The minimum absolute atomic E-state index is 0. The molecule has 0 bridgehead atoms. The summed E-state index contributed by atoms with van der Waals surface area (Å²) >= 11 is 0. The molecule has 0 heterocycles. The van der Waals surface area contributed by atoms with Gasteiger partial charge in [0.25, 0.3) is 0 Å². The number of rotatable bonds is 7. The lowest BCUT2D eigenvalue weighted by Gasteiger charge is -2.11. The molecule has 0 aromatic heterocycles. The van der Waals surface area contributed by atoms with Gasteiger partial charge in [-0.3, -0.25) is 9.79 Å². The van der Waals surface area contributed by atoms with Crippen molar-refractivity contribution in [3.05, 3.63) is 35.9 Å². The summed E-state index contributed by atoms with van der Waals surface area (Å²) in [5, 5.41) is 9.71. The van der Waals surface area contributed by atoms with Crippen LogP contribution in [0.4, 0.5) is 0 Å². The number of nitrogens with zero attached hydrogens (tertiary/aromatic N) is 1. The molecular weight excluding hydrogens is 415 g/mol. The Bertz CT molecular complexity index is 559. The molecule has 6 heteroatoms. The molecule has 2 aliphatic carbocycles. The number of carbonyl (C=O) groups is 1. The van der Waals surface area contributed by atoms with E-state index >= 15 is 0 Å². The van der Waals surface area contributed by atoms with Crippen LogP contribution in [0.15, 0.2) is 35.3 Å². The third kappa shape index (κ3) is 5.65. The van der Waals surface area contributed by atoms with Crippen molar-refractivity contribution in [1.29, 1.82) is 0 Å². The molecule has 24 heavy (non-hydrogen) atoms. The summed E-state index contributed by atoms with van der Waals surface area (Å²) in [6.45, 7) is 4.12. The molecule has 2 fully saturated rings. The number of amides is 1. The number of hydrogen-bond acceptors (Lipinski definition) is 2. The summed E-state index contributed by atoms with van der Waals surface area (Å²) in [6.07, 6.45) is 3.23. The minimum Gasteiger partial charge on any atom is -0.357 e. The van der Waals surface area contributed by atoms with Gasteiger partial charge in [-0.25, -0.2) is 0 Å². The van der Waals surface area contributed by atoms with Gasteiger partial charge >= 0.3 is 0 Å². The molecule has 3 N–H and O–H groups in total. The van der Waals surface area contributed by atoms with Gasteiger partial charge in [-0.1, -0.05) is 30.3 Å². The molecule has 0 spiro atoms. The Hall–Kier alpha value is -1.31. The summed E-state index contributed by atoms with van der Waals surface area (Å²) < 4.78 is 0. The molecule has 2 aliphatic rings. The molecule has 1 aromatic rings. The van der Waals surface area contributed by atoms with Crippen LogP contribution in [-0.2, 0) is 4.79 Å². The summed E-state index contributed by atoms with van der Waals surface area (Å²) in [5.41, 5.74) is 1.39. The number of carbonyl (C=O) groups excluding carboxylic acids is 1. The number of nitrogens with one attached hydrogen (secondary N) is 3. The molecule has 2 unspecified atom stereocenters. The van der Waals surface area contributed by atoms with Gasteiger partial charge in [-0.15, -0.1) is 24.0 Å². The highest BCUT2D eigenvalue weighted by atomic mass is 127. The zero-order valence-corrected chi connectivity index (χ0v) is 16.5. The van der Waals surface area contributed by atoms with Crippen LogP contribution in [0.2, 0.25) is 0 Å². The predicted molar refractivity (Wildman–Crippen MR) is 108 cm³/mol. The maximum atomic E-state index is 11.6. The molecular formula is C18H27IN4O. The van der Waals surface area contributed by atoms with Crippen molar-refractivity contribution < 1.29 is 4.79 Å². The third-order valence-corrected chi connectivity index (χ3v) is 4.31. The van der Waals surface area contributed by atoms with E-state index in [4.69, 9.17) is 0 Å². The zero-order chi connectivity index (χ0) is 16.1. The molecule has 132 valence electrons. The van der Waals surface area contributed by atoms with Crippen LogP contribution in [0.3, 0.4) is 0 Å². The molecule has 3 rings (SSSR count). The Labute approximate surface area is 161 Å². The van der Waals surface area contributed by atoms with E-state index in [-0.39, 0.29) is 35.8 Å². The van der Waals surface area contributed by atoms with Crippen molar-refractivity contribution in [1.82, 2.24) is 16.0 Å². The Morgan fingerprint density at radius 2 is 1.96 bits per heavy atom. The van der Waals surface area contributed by atoms with Crippen molar-refractivity contribution in [2.45, 2.75) is 38.1 Å². The fourth-order valence-corrected chi connectivity index (χ4v) is 2.76. The minimum atomic E-state index is 0. The molecule has 2 saturated carbocycles. The molecule has 2 atom stereocenters. The van der Waals surface area contributed by atoms with E-state index in [1.54, 1.807) is 0 Å². The van der Waals surface area contributed by atoms with Crippen molar-refractivity contribution in [3.8, 4) is 0 Å². The average molecular weight is 442 g/mol. The number of halogens is 1.